The minimum absolute atomic E-state index is 0.0619. The van der Waals surface area contributed by atoms with Crippen molar-refractivity contribution in [3.05, 3.63) is 0 Å². The monoisotopic (exact) mass is 369 g/mol. The zero-order chi connectivity index (χ0) is 18.9. The van der Waals surface area contributed by atoms with Gasteiger partial charge in [0, 0.05) is 38.7 Å². The highest BCUT2D eigenvalue weighted by atomic mass is 16.5. The SMILES string of the molecule is COC1CC(CC(=O)O)N(C(=O)CCCNC(=O)NC2CCCCC2)C1. The van der Waals surface area contributed by atoms with E-state index in [0.717, 1.165) is 25.7 Å². The van der Waals surface area contributed by atoms with Gasteiger partial charge >= 0.3 is 12.0 Å². The number of nitrogens with one attached hydrogen (secondary N) is 2. The van der Waals surface area contributed by atoms with Crippen LogP contribution in [0, 0.1) is 0 Å². The third-order valence-electron chi connectivity index (χ3n) is 5.23. The van der Waals surface area contributed by atoms with Crippen molar-refractivity contribution in [3.8, 4) is 0 Å². The van der Waals surface area contributed by atoms with E-state index < -0.39 is 5.97 Å². The molecule has 148 valence electrons. The molecule has 2 aliphatic rings. The summed E-state index contributed by atoms with van der Waals surface area (Å²) in [5, 5.41) is 14.8. The second kappa shape index (κ2) is 10.4. The van der Waals surface area contributed by atoms with Crippen molar-refractivity contribution in [2.24, 2.45) is 0 Å². The molecule has 3 amide bonds. The van der Waals surface area contributed by atoms with E-state index in [0.29, 0.717) is 25.9 Å². The second-order valence-corrected chi connectivity index (χ2v) is 7.23. The predicted molar refractivity (Wildman–Crippen MR) is 95.8 cm³/mol. The lowest BCUT2D eigenvalue weighted by molar-refractivity contribution is -0.139. The van der Waals surface area contributed by atoms with Gasteiger partial charge in [0.05, 0.1) is 12.5 Å². The van der Waals surface area contributed by atoms with E-state index in [-0.39, 0.29) is 43.0 Å². The zero-order valence-electron chi connectivity index (χ0n) is 15.5. The summed E-state index contributed by atoms with van der Waals surface area (Å²) in [7, 11) is 1.57. The van der Waals surface area contributed by atoms with Crippen LogP contribution in [0.4, 0.5) is 4.79 Å². The van der Waals surface area contributed by atoms with Crippen LogP contribution in [0.15, 0.2) is 0 Å². The number of hydrogen-bond acceptors (Lipinski definition) is 4. The number of nitrogens with zero attached hydrogens (tertiary/aromatic N) is 1. The smallest absolute Gasteiger partial charge is 0.315 e. The van der Waals surface area contributed by atoms with E-state index in [1.165, 1.54) is 6.42 Å². The molecule has 2 rings (SSSR count). The highest BCUT2D eigenvalue weighted by Crippen LogP contribution is 2.23. The van der Waals surface area contributed by atoms with E-state index in [1.54, 1.807) is 12.0 Å². The van der Waals surface area contributed by atoms with Crippen LogP contribution >= 0.6 is 0 Å². The molecule has 0 aromatic heterocycles. The molecule has 8 heteroatoms. The number of carbonyl (C=O) groups is 3. The van der Waals surface area contributed by atoms with Gasteiger partial charge < -0.3 is 25.4 Å². The summed E-state index contributed by atoms with van der Waals surface area (Å²) in [4.78, 5) is 36.9. The first kappa shape index (κ1) is 20.5. The number of carboxylic acids is 1. The van der Waals surface area contributed by atoms with Gasteiger partial charge in [0.15, 0.2) is 0 Å². The van der Waals surface area contributed by atoms with Gasteiger partial charge in [-0.25, -0.2) is 4.79 Å². The second-order valence-electron chi connectivity index (χ2n) is 7.23. The average Bonchev–Trinajstić information content (AvgIpc) is 3.01. The topological polar surface area (TPSA) is 108 Å². The van der Waals surface area contributed by atoms with Gasteiger partial charge in [-0.15, -0.1) is 0 Å². The van der Waals surface area contributed by atoms with Crippen LogP contribution in [0.1, 0.15) is 57.8 Å². The summed E-state index contributed by atoms with van der Waals surface area (Å²) in [6.07, 6.45) is 6.84. The number of methoxy groups -OCH3 is 1. The Morgan fingerprint density at radius 2 is 1.92 bits per heavy atom. The molecule has 0 spiro atoms. The predicted octanol–water partition coefficient (Wildman–Crippen LogP) is 1.49. The first-order chi connectivity index (χ1) is 12.5. The fourth-order valence-corrected chi connectivity index (χ4v) is 3.81. The van der Waals surface area contributed by atoms with E-state index >= 15 is 0 Å². The Morgan fingerprint density at radius 3 is 2.58 bits per heavy atom. The largest absolute Gasteiger partial charge is 0.481 e. The Bertz CT molecular complexity index is 493. The van der Waals surface area contributed by atoms with Crippen molar-refractivity contribution < 1.29 is 24.2 Å². The van der Waals surface area contributed by atoms with Crippen LogP contribution in [0.5, 0.6) is 0 Å². The van der Waals surface area contributed by atoms with Crippen molar-refractivity contribution in [1.29, 1.82) is 0 Å². The molecule has 1 aliphatic heterocycles. The summed E-state index contributed by atoms with van der Waals surface area (Å²) >= 11 is 0. The maximum atomic E-state index is 12.4. The molecular weight excluding hydrogens is 338 g/mol. The highest BCUT2D eigenvalue weighted by Gasteiger charge is 2.36. The fraction of sp³-hybridized carbons (Fsp3) is 0.833. The molecule has 0 aromatic rings. The zero-order valence-corrected chi connectivity index (χ0v) is 15.5. The molecule has 1 saturated heterocycles. The van der Waals surface area contributed by atoms with Crippen molar-refractivity contribution in [2.45, 2.75) is 76.0 Å². The Balaban J connectivity index is 1.66. The standard InChI is InChI=1S/C18H31N3O5/c1-26-15-10-14(11-17(23)24)21(12-15)16(22)8-5-9-19-18(25)20-13-6-3-2-4-7-13/h13-15H,2-12H2,1H3,(H,23,24)(H2,19,20,25). The molecule has 0 radical (unpaired) electrons. The number of ether oxygens (including phenoxy) is 1. The van der Waals surface area contributed by atoms with E-state index in [4.69, 9.17) is 9.84 Å². The molecular formula is C18H31N3O5. The normalized spacial score (nSPS) is 23.7. The van der Waals surface area contributed by atoms with E-state index in [1.807, 2.05) is 0 Å². The average molecular weight is 369 g/mol. The molecule has 0 bridgehead atoms. The number of hydrogen-bond donors (Lipinski definition) is 3. The molecule has 1 saturated carbocycles. The van der Waals surface area contributed by atoms with Crippen LogP contribution < -0.4 is 10.6 Å². The first-order valence-electron chi connectivity index (χ1n) is 9.58. The van der Waals surface area contributed by atoms with Crippen LogP contribution in [-0.2, 0) is 14.3 Å². The number of urea groups is 1. The minimum Gasteiger partial charge on any atom is -0.481 e. The lowest BCUT2D eigenvalue weighted by Gasteiger charge is -2.24. The van der Waals surface area contributed by atoms with Crippen molar-refractivity contribution in [3.63, 3.8) is 0 Å². The summed E-state index contributed by atoms with van der Waals surface area (Å²) in [6.45, 7) is 0.859. The first-order valence-corrected chi connectivity index (χ1v) is 9.58. The summed E-state index contributed by atoms with van der Waals surface area (Å²) in [6, 6.07) is -0.223. The molecule has 8 nitrogen and oxygen atoms in total. The van der Waals surface area contributed by atoms with Gasteiger partial charge in [-0.1, -0.05) is 19.3 Å². The minimum atomic E-state index is -0.911. The van der Waals surface area contributed by atoms with Crippen LogP contribution in [0.2, 0.25) is 0 Å². The van der Waals surface area contributed by atoms with Crippen LogP contribution in [0.25, 0.3) is 0 Å². The number of likely N-dealkylation sites (tertiary alicyclic amines) is 1. The molecule has 3 N–H and O–H groups in total. The van der Waals surface area contributed by atoms with Crippen LogP contribution in [0.3, 0.4) is 0 Å². The van der Waals surface area contributed by atoms with Gasteiger partial charge in [-0.2, -0.15) is 0 Å². The van der Waals surface area contributed by atoms with Crippen molar-refractivity contribution in [2.75, 3.05) is 20.2 Å². The molecule has 26 heavy (non-hydrogen) atoms. The third kappa shape index (κ3) is 6.48. The molecule has 2 unspecified atom stereocenters. The van der Waals surface area contributed by atoms with Crippen molar-refractivity contribution >= 4 is 17.9 Å². The summed E-state index contributed by atoms with van der Waals surface area (Å²) in [5.74, 6) is -0.990. The van der Waals surface area contributed by atoms with Gasteiger partial charge in [-0.05, 0) is 25.7 Å². The number of carbonyl (C=O) groups excluding carboxylic acids is 2. The highest BCUT2D eigenvalue weighted by molar-refractivity contribution is 5.78. The van der Waals surface area contributed by atoms with Crippen molar-refractivity contribution in [1.82, 2.24) is 15.5 Å². The fourth-order valence-electron chi connectivity index (χ4n) is 3.81. The molecule has 0 aromatic carbocycles. The van der Waals surface area contributed by atoms with Crippen LogP contribution in [-0.4, -0.2) is 66.3 Å². The lowest BCUT2D eigenvalue weighted by Crippen LogP contribution is -2.43. The third-order valence-corrected chi connectivity index (χ3v) is 5.23. The van der Waals surface area contributed by atoms with E-state index in [2.05, 4.69) is 10.6 Å². The summed E-state index contributed by atoms with van der Waals surface area (Å²) in [5.41, 5.74) is 0. The number of rotatable bonds is 8. The molecule has 2 atom stereocenters. The Hall–Kier alpha value is -1.83. The van der Waals surface area contributed by atoms with Gasteiger partial charge in [0.1, 0.15) is 0 Å². The number of aliphatic carboxylic acids is 1. The molecule has 2 fully saturated rings. The lowest BCUT2D eigenvalue weighted by atomic mass is 9.96. The Labute approximate surface area is 154 Å². The Morgan fingerprint density at radius 1 is 1.19 bits per heavy atom. The van der Waals surface area contributed by atoms with Gasteiger partial charge in [0.2, 0.25) is 5.91 Å². The maximum Gasteiger partial charge on any atom is 0.315 e. The molecule has 1 aliphatic carbocycles. The van der Waals surface area contributed by atoms with E-state index in [9.17, 15) is 14.4 Å². The molecule has 1 heterocycles. The number of carboxylic acid groups (broad SMARTS) is 1. The maximum absolute atomic E-state index is 12.4. The van der Waals surface area contributed by atoms with Gasteiger partial charge in [-0.3, -0.25) is 9.59 Å². The van der Waals surface area contributed by atoms with Gasteiger partial charge in [0.25, 0.3) is 0 Å². The summed E-state index contributed by atoms with van der Waals surface area (Å²) < 4.78 is 5.28. The number of amides is 3. The quantitative estimate of drug-likeness (QED) is 0.562. The Kier molecular flexibility index (Phi) is 8.15.